The molecule has 0 saturated heterocycles. The minimum absolute atomic E-state index is 0.273. The third kappa shape index (κ3) is 1.44. The van der Waals surface area contributed by atoms with Gasteiger partial charge in [-0.05, 0) is 30.4 Å². The average Bonchev–Trinajstić information content (AvgIpc) is 2.17. The molecule has 0 bridgehead atoms. The quantitative estimate of drug-likeness (QED) is 0.712. The first-order valence-electron chi connectivity index (χ1n) is 4.59. The fourth-order valence-corrected chi connectivity index (χ4v) is 2.01. The lowest BCUT2D eigenvalue weighted by atomic mass is 9.83. The van der Waals surface area contributed by atoms with E-state index < -0.39 is 5.97 Å². The van der Waals surface area contributed by atoms with Crippen LogP contribution in [-0.4, -0.2) is 11.1 Å². The predicted molar refractivity (Wildman–Crippen MR) is 49.8 cm³/mol. The number of hydrogen-bond acceptors (Lipinski definition) is 1. The molecule has 1 aromatic carbocycles. The summed E-state index contributed by atoms with van der Waals surface area (Å²) in [7, 11) is 0. The molecular weight excluding hydrogens is 164 g/mol. The lowest BCUT2D eigenvalue weighted by Crippen LogP contribution is -2.17. The van der Waals surface area contributed by atoms with Crippen molar-refractivity contribution in [3.05, 3.63) is 35.4 Å². The van der Waals surface area contributed by atoms with Gasteiger partial charge in [0.25, 0.3) is 0 Å². The average molecular weight is 176 g/mol. The van der Waals surface area contributed by atoms with Gasteiger partial charge in [-0.2, -0.15) is 0 Å². The van der Waals surface area contributed by atoms with E-state index in [4.69, 9.17) is 5.11 Å². The van der Waals surface area contributed by atoms with E-state index in [-0.39, 0.29) is 5.92 Å². The Morgan fingerprint density at radius 2 is 2.15 bits per heavy atom. The van der Waals surface area contributed by atoms with Gasteiger partial charge in [0.05, 0.1) is 5.92 Å². The summed E-state index contributed by atoms with van der Waals surface area (Å²) in [5.74, 6) is -0.961. The molecular formula is C11H12O2. The second kappa shape index (κ2) is 3.21. The molecule has 2 nitrogen and oxygen atoms in total. The highest BCUT2D eigenvalue weighted by Crippen LogP contribution is 2.31. The van der Waals surface area contributed by atoms with Gasteiger partial charge in [-0.3, -0.25) is 4.79 Å². The second-order valence-electron chi connectivity index (χ2n) is 3.48. The molecule has 1 aliphatic carbocycles. The lowest BCUT2D eigenvalue weighted by Gasteiger charge is -2.21. The molecule has 1 N–H and O–H groups in total. The number of hydrogen-bond donors (Lipinski definition) is 1. The molecule has 0 spiro atoms. The molecule has 0 heterocycles. The Morgan fingerprint density at radius 3 is 2.92 bits per heavy atom. The van der Waals surface area contributed by atoms with Gasteiger partial charge in [-0.25, -0.2) is 0 Å². The van der Waals surface area contributed by atoms with Crippen molar-refractivity contribution in [1.29, 1.82) is 0 Å². The summed E-state index contributed by atoms with van der Waals surface area (Å²) in [6, 6.07) is 7.86. The normalized spacial score (nSPS) is 20.8. The monoisotopic (exact) mass is 176 g/mol. The van der Waals surface area contributed by atoms with Gasteiger partial charge in [0.1, 0.15) is 0 Å². The van der Waals surface area contributed by atoms with Crippen molar-refractivity contribution in [3.8, 4) is 0 Å². The molecule has 0 aliphatic heterocycles. The second-order valence-corrected chi connectivity index (χ2v) is 3.48. The van der Waals surface area contributed by atoms with Gasteiger partial charge in [0.2, 0.25) is 0 Å². The number of benzene rings is 1. The van der Waals surface area contributed by atoms with Crippen LogP contribution in [0.1, 0.15) is 29.9 Å². The predicted octanol–water partition coefficient (Wildman–Crippen LogP) is 2.19. The van der Waals surface area contributed by atoms with Crippen LogP contribution in [0, 0.1) is 0 Å². The molecule has 1 aliphatic rings. The van der Waals surface area contributed by atoms with Crippen LogP contribution in [0.25, 0.3) is 0 Å². The Balaban J connectivity index is 2.42. The Kier molecular flexibility index (Phi) is 2.05. The highest BCUT2D eigenvalue weighted by molar-refractivity contribution is 5.77. The Morgan fingerprint density at radius 1 is 1.38 bits per heavy atom. The lowest BCUT2D eigenvalue weighted by molar-refractivity contribution is -0.139. The van der Waals surface area contributed by atoms with Gasteiger partial charge in [0.15, 0.2) is 0 Å². The smallest absolute Gasteiger partial charge is 0.310 e. The largest absolute Gasteiger partial charge is 0.481 e. The number of carboxylic acid groups (broad SMARTS) is 1. The van der Waals surface area contributed by atoms with E-state index in [0.717, 1.165) is 24.8 Å². The zero-order valence-corrected chi connectivity index (χ0v) is 7.36. The Hall–Kier alpha value is -1.31. The number of aliphatic carboxylic acids is 1. The minimum Gasteiger partial charge on any atom is -0.481 e. The highest BCUT2D eigenvalue weighted by Gasteiger charge is 2.25. The van der Waals surface area contributed by atoms with Crippen molar-refractivity contribution in [3.63, 3.8) is 0 Å². The number of carbonyl (C=O) groups is 1. The van der Waals surface area contributed by atoms with Crippen LogP contribution in [0.3, 0.4) is 0 Å². The summed E-state index contributed by atoms with van der Waals surface area (Å²) in [5.41, 5.74) is 2.22. The van der Waals surface area contributed by atoms with E-state index >= 15 is 0 Å². The van der Waals surface area contributed by atoms with E-state index in [9.17, 15) is 4.79 Å². The van der Waals surface area contributed by atoms with Crippen molar-refractivity contribution < 1.29 is 9.90 Å². The van der Waals surface area contributed by atoms with Crippen LogP contribution in [-0.2, 0) is 11.2 Å². The van der Waals surface area contributed by atoms with Crippen LogP contribution in [0.15, 0.2) is 24.3 Å². The van der Waals surface area contributed by atoms with Crippen LogP contribution < -0.4 is 0 Å². The molecule has 1 atom stereocenters. The molecule has 13 heavy (non-hydrogen) atoms. The topological polar surface area (TPSA) is 37.3 Å². The fraction of sp³-hybridized carbons (Fsp3) is 0.364. The van der Waals surface area contributed by atoms with Crippen LogP contribution in [0.5, 0.6) is 0 Å². The van der Waals surface area contributed by atoms with E-state index in [1.54, 1.807) is 0 Å². The van der Waals surface area contributed by atoms with Crippen molar-refractivity contribution in [2.75, 3.05) is 0 Å². The van der Waals surface area contributed by atoms with Gasteiger partial charge < -0.3 is 5.11 Å². The summed E-state index contributed by atoms with van der Waals surface area (Å²) in [4.78, 5) is 10.9. The maximum atomic E-state index is 10.9. The zero-order chi connectivity index (χ0) is 9.26. The first kappa shape index (κ1) is 8.30. The van der Waals surface area contributed by atoms with E-state index in [2.05, 4.69) is 0 Å². The van der Waals surface area contributed by atoms with Gasteiger partial charge in [-0.1, -0.05) is 24.3 Å². The number of rotatable bonds is 1. The number of fused-ring (bicyclic) bond motifs is 1. The maximum Gasteiger partial charge on any atom is 0.310 e. The Bertz CT molecular complexity index is 331. The molecule has 1 aromatic rings. The summed E-state index contributed by atoms with van der Waals surface area (Å²) >= 11 is 0. The van der Waals surface area contributed by atoms with E-state index in [1.165, 1.54) is 5.56 Å². The standard InChI is InChI=1S/C11H12O2/c12-11(13)10-7-3-5-8-4-1-2-6-9(8)10/h1-2,4,6,10H,3,5,7H2,(H,12,13)/t10-/m1/s1. The van der Waals surface area contributed by atoms with E-state index in [0.29, 0.717) is 0 Å². The van der Waals surface area contributed by atoms with Crippen molar-refractivity contribution in [2.24, 2.45) is 0 Å². The molecule has 2 rings (SSSR count). The minimum atomic E-state index is -0.688. The first-order chi connectivity index (χ1) is 6.29. The van der Waals surface area contributed by atoms with Crippen LogP contribution >= 0.6 is 0 Å². The van der Waals surface area contributed by atoms with Crippen LogP contribution in [0.4, 0.5) is 0 Å². The van der Waals surface area contributed by atoms with Crippen LogP contribution in [0.2, 0.25) is 0 Å². The van der Waals surface area contributed by atoms with Crippen molar-refractivity contribution in [2.45, 2.75) is 25.2 Å². The third-order valence-corrected chi connectivity index (χ3v) is 2.67. The summed E-state index contributed by atoms with van der Waals surface area (Å²) < 4.78 is 0. The van der Waals surface area contributed by atoms with Gasteiger partial charge in [0, 0.05) is 0 Å². The van der Waals surface area contributed by atoms with Crippen molar-refractivity contribution in [1.82, 2.24) is 0 Å². The van der Waals surface area contributed by atoms with Gasteiger partial charge >= 0.3 is 5.97 Å². The molecule has 0 radical (unpaired) electrons. The summed E-state index contributed by atoms with van der Waals surface area (Å²) in [6.45, 7) is 0. The maximum absolute atomic E-state index is 10.9. The third-order valence-electron chi connectivity index (χ3n) is 2.67. The van der Waals surface area contributed by atoms with Gasteiger partial charge in [-0.15, -0.1) is 0 Å². The number of carboxylic acids is 1. The molecule has 0 aromatic heterocycles. The van der Waals surface area contributed by atoms with Crippen molar-refractivity contribution >= 4 is 5.97 Å². The summed E-state index contributed by atoms with van der Waals surface area (Å²) in [6.07, 6.45) is 2.81. The molecule has 0 saturated carbocycles. The SMILES string of the molecule is O=C(O)[C@@H]1CCCc2ccccc21. The molecule has 2 heteroatoms. The molecule has 68 valence electrons. The zero-order valence-electron chi connectivity index (χ0n) is 7.36. The first-order valence-corrected chi connectivity index (χ1v) is 4.59. The molecule has 0 fully saturated rings. The number of aryl methyl sites for hydroxylation is 1. The van der Waals surface area contributed by atoms with E-state index in [1.807, 2.05) is 24.3 Å². The Labute approximate surface area is 77.2 Å². The molecule has 0 amide bonds. The highest BCUT2D eigenvalue weighted by atomic mass is 16.4. The summed E-state index contributed by atoms with van der Waals surface area (Å²) in [5, 5.41) is 8.99. The fourth-order valence-electron chi connectivity index (χ4n) is 2.01. The molecule has 0 unspecified atom stereocenters.